The highest BCUT2D eigenvalue weighted by atomic mass is 16.2. The van der Waals surface area contributed by atoms with Gasteiger partial charge in [-0.15, -0.1) is 0 Å². The first-order chi connectivity index (χ1) is 16.4. The molecule has 0 saturated heterocycles. The van der Waals surface area contributed by atoms with E-state index in [4.69, 9.17) is 0 Å². The van der Waals surface area contributed by atoms with Crippen LogP contribution in [0.2, 0.25) is 0 Å². The Kier molecular flexibility index (Phi) is 5.98. The smallest absolute Gasteiger partial charge is 0.291 e. The molecule has 0 unspecified atom stereocenters. The lowest BCUT2D eigenvalue weighted by Gasteiger charge is -2.29. The molecular formula is C28H32N4O2. The van der Waals surface area contributed by atoms with E-state index in [0.29, 0.717) is 18.0 Å². The SMILES string of the molecule is Cc1ccc(C)c(Cn2c3ccccc3c3cnn(CC(=O)N[C@@H]4CCCC[C@@H]4C)c(=O)c32)c1. The minimum absolute atomic E-state index is 0.0665. The van der Waals surface area contributed by atoms with Crippen LogP contribution in [0, 0.1) is 19.8 Å². The fraction of sp³-hybridized carbons (Fsp3) is 0.393. The third kappa shape index (κ3) is 4.13. The summed E-state index contributed by atoms with van der Waals surface area (Å²) in [6.45, 7) is 6.88. The van der Waals surface area contributed by atoms with Gasteiger partial charge in [-0.25, -0.2) is 4.68 Å². The molecule has 0 radical (unpaired) electrons. The third-order valence-corrected chi connectivity index (χ3v) is 7.36. The summed E-state index contributed by atoms with van der Waals surface area (Å²) in [7, 11) is 0. The van der Waals surface area contributed by atoms with E-state index in [1.54, 1.807) is 6.20 Å². The minimum atomic E-state index is -0.231. The molecular weight excluding hydrogens is 424 g/mol. The molecule has 0 bridgehead atoms. The Morgan fingerprint density at radius 2 is 1.88 bits per heavy atom. The Morgan fingerprint density at radius 3 is 2.71 bits per heavy atom. The molecule has 34 heavy (non-hydrogen) atoms. The second-order valence-corrected chi connectivity index (χ2v) is 9.84. The molecule has 1 N–H and O–H groups in total. The molecule has 6 heteroatoms. The minimum Gasteiger partial charge on any atom is -0.351 e. The van der Waals surface area contributed by atoms with E-state index in [9.17, 15) is 9.59 Å². The number of para-hydroxylation sites is 1. The van der Waals surface area contributed by atoms with Crippen molar-refractivity contribution in [3.05, 3.63) is 75.7 Å². The molecule has 1 amide bonds. The van der Waals surface area contributed by atoms with Crippen LogP contribution in [-0.4, -0.2) is 26.3 Å². The van der Waals surface area contributed by atoms with Gasteiger partial charge in [0.25, 0.3) is 5.56 Å². The first-order valence-corrected chi connectivity index (χ1v) is 12.2. The van der Waals surface area contributed by atoms with Gasteiger partial charge in [-0.05, 0) is 49.8 Å². The predicted molar refractivity (Wildman–Crippen MR) is 136 cm³/mol. The molecule has 4 aromatic rings. The van der Waals surface area contributed by atoms with Crippen LogP contribution in [-0.2, 0) is 17.9 Å². The Morgan fingerprint density at radius 1 is 1.09 bits per heavy atom. The average molecular weight is 457 g/mol. The molecule has 0 spiro atoms. The summed E-state index contributed by atoms with van der Waals surface area (Å²) < 4.78 is 3.39. The highest BCUT2D eigenvalue weighted by Gasteiger charge is 2.24. The van der Waals surface area contributed by atoms with Crippen LogP contribution < -0.4 is 10.9 Å². The van der Waals surface area contributed by atoms with Gasteiger partial charge in [0.05, 0.1) is 6.20 Å². The number of aromatic nitrogens is 3. The van der Waals surface area contributed by atoms with Crippen molar-refractivity contribution in [2.75, 3.05) is 0 Å². The van der Waals surface area contributed by atoms with Crippen molar-refractivity contribution < 1.29 is 4.79 Å². The van der Waals surface area contributed by atoms with E-state index in [2.05, 4.69) is 54.0 Å². The quantitative estimate of drug-likeness (QED) is 0.473. The van der Waals surface area contributed by atoms with Gasteiger partial charge in [-0.2, -0.15) is 5.10 Å². The van der Waals surface area contributed by atoms with Gasteiger partial charge in [-0.3, -0.25) is 9.59 Å². The van der Waals surface area contributed by atoms with Crippen LogP contribution in [0.5, 0.6) is 0 Å². The molecule has 1 aliphatic carbocycles. The summed E-state index contributed by atoms with van der Waals surface area (Å²) in [4.78, 5) is 26.5. The summed E-state index contributed by atoms with van der Waals surface area (Å²) in [5.41, 5.74) is 4.91. The Bertz CT molecular complexity index is 1430. The Hall–Kier alpha value is -3.41. The standard InChI is InChI=1S/C28H32N4O2/c1-18-12-13-19(2)21(14-18)16-31-25-11-7-5-9-22(25)23-15-29-32(28(34)27(23)31)17-26(33)30-24-10-6-4-8-20(24)3/h5,7,9,11-15,20,24H,4,6,8,10,16-17H2,1-3H3,(H,30,33)/t20-,24+/m0/s1. The van der Waals surface area contributed by atoms with E-state index in [-0.39, 0.29) is 24.1 Å². The van der Waals surface area contributed by atoms with Crippen LogP contribution in [0.1, 0.15) is 49.3 Å². The molecule has 2 aromatic carbocycles. The number of aryl methyl sites for hydroxylation is 2. The van der Waals surface area contributed by atoms with Crippen molar-refractivity contribution in [1.82, 2.24) is 19.7 Å². The van der Waals surface area contributed by atoms with Crippen LogP contribution in [0.25, 0.3) is 21.8 Å². The maximum absolute atomic E-state index is 13.7. The number of amides is 1. The number of benzene rings is 2. The zero-order valence-corrected chi connectivity index (χ0v) is 20.2. The molecule has 2 atom stereocenters. The fourth-order valence-electron chi connectivity index (χ4n) is 5.33. The summed E-state index contributed by atoms with van der Waals surface area (Å²) in [6, 6.07) is 14.6. The van der Waals surface area contributed by atoms with Gasteiger partial charge in [0, 0.05) is 28.9 Å². The number of rotatable bonds is 5. The van der Waals surface area contributed by atoms with Crippen molar-refractivity contribution in [3.8, 4) is 0 Å². The number of nitrogens with zero attached hydrogens (tertiary/aromatic N) is 3. The number of nitrogens with one attached hydrogen (secondary N) is 1. The zero-order valence-electron chi connectivity index (χ0n) is 20.2. The molecule has 176 valence electrons. The lowest BCUT2D eigenvalue weighted by molar-refractivity contribution is -0.123. The number of carbonyl (C=O) groups is 1. The number of hydrogen-bond acceptors (Lipinski definition) is 3. The first kappa shape index (κ1) is 22.4. The maximum atomic E-state index is 13.7. The predicted octanol–water partition coefficient (Wildman–Crippen LogP) is 4.71. The Balaban J connectivity index is 1.55. The van der Waals surface area contributed by atoms with Crippen molar-refractivity contribution in [2.45, 2.75) is 65.6 Å². The van der Waals surface area contributed by atoms with Crippen molar-refractivity contribution in [1.29, 1.82) is 0 Å². The molecule has 5 rings (SSSR count). The lowest BCUT2D eigenvalue weighted by atomic mass is 9.86. The fourth-order valence-corrected chi connectivity index (χ4v) is 5.33. The van der Waals surface area contributed by atoms with Gasteiger partial charge in [0.15, 0.2) is 0 Å². The van der Waals surface area contributed by atoms with Gasteiger partial charge < -0.3 is 9.88 Å². The van der Waals surface area contributed by atoms with Gasteiger partial charge in [0.1, 0.15) is 12.1 Å². The molecule has 1 aliphatic rings. The molecule has 1 saturated carbocycles. The molecule has 0 aliphatic heterocycles. The van der Waals surface area contributed by atoms with Crippen molar-refractivity contribution in [3.63, 3.8) is 0 Å². The molecule has 1 fully saturated rings. The van der Waals surface area contributed by atoms with Gasteiger partial charge >= 0.3 is 0 Å². The van der Waals surface area contributed by atoms with Crippen LogP contribution in [0.15, 0.2) is 53.5 Å². The topological polar surface area (TPSA) is 68.9 Å². The van der Waals surface area contributed by atoms with E-state index in [1.807, 2.05) is 24.3 Å². The van der Waals surface area contributed by atoms with E-state index >= 15 is 0 Å². The first-order valence-electron chi connectivity index (χ1n) is 12.2. The second-order valence-electron chi connectivity index (χ2n) is 9.84. The highest BCUT2D eigenvalue weighted by molar-refractivity contribution is 6.07. The summed E-state index contributed by atoms with van der Waals surface area (Å²) in [5, 5.41) is 9.36. The van der Waals surface area contributed by atoms with Gasteiger partial charge in [0.2, 0.25) is 5.91 Å². The summed E-state index contributed by atoms with van der Waals surface area (Å²) >= 11 is 0. The third-order valence-electron chi connectivity index (χ3n) is 7.36. The number of hydrogen-bond donors (Lipinski definition) is 1. The lowest BCUT2D eigenvalue weighted by Crippen LogP contribution is -2.43. The summed E-state index contributed by atoms with van der Waals surface area (Å²) in [5.74, 6) is 0.315. The molecule has 6 nitrogen and oxygen atoms in total. The maximum Gasteiger partial charge on any atom is 0.291 e. The normalized spacial score (nSPS) is 18.4. The van der Waals surface area contributed by atoms with Crippen molar-refractivity contribution in [2.24, 2.45) is 5.92 Å². The zero-order chi connectivity index (χ0) is 23.8. The van der Waals surface area contributed by atoms with E-state index in [1.165, 1.54) is 27.8 Å². The second kappa shape index (κ2) is 9.09. The van der Waals surface area contributed by atoms with E-state index < -0.39 is 0 Å². The molecule has 2 heterocycles. The largest absolute Gasteiger partial charge is 0.351 e. The van der Waals surface area contributed by atoms with E-state index in [0.717, 1.165) is 35.6 Å². The summed E-state index contributed by atoms with van der Waals surface area (Å²) in [6.07, 6.45) is 6.22. The Labute approximate surface area is 199 Å². The van der Waals surface area contributed by atoms with Crippen LogP contribution in [0.3, 0.4) is 0 Å². The molecule has 2 aromatic heterocycles. The number of carbonyl (C=O) groups excluding carboxylic acids is 1. The highest BCUT2D eigenvalue weighted by Crippen LogP contribution is 2.28. The van der Waals surface area contributed by atoms with Crippen LogP contribution in [0.4, 0.5) is 0 Å². The van der Waals surface area contributed by atoms with Crippen molar-refractivity contribution >= 4 is 27.7 Å². The van der Waals surface area contributed by atoms with Gasteiger partial charge in [-0.1, -0.05) is 61.7 Å². The monoisotopic (exact) mass is 456 g/mol. The average Bonchev–Trinajstić information content (AvgIpc) is 3.14. The number of fused-ring (bicyclic) bond motifs is 3. The van der Waals surface area contributed by atoms with Crippen LogP contribution >= 0.6 is 0 Å².